The van der Waals surface area contributed by atoms with Crippen molar-refractivity contribution in [3.8, 4) is 23.0 Å². The van der Waals surface area contributed by atoms with Crippen molar-refractivity contribution in [2.75, 3.05) is 5.73 Å². The first-order valence-electron chi connectivity index (χ1n) is 6.19. The van der Waals surface area contributed by atoms with Crippen LogP contribution in [0.15, 0.2) is 22.9 Å². The monoisotopic (exact) mass is 287 g/mol. The van der Waals surface area contributed by atoms with Crippen LogP contribution in [-0.2, 0) is 6.42 Å². The summed E-state index contributed by atoms with van der Waals surface area (Å²) in [6, 6.07) is 3.73. The van der Waals surface area contributed by atoms with Crippen LogP contribution in [0.25, 0.3) is 23.0 Å². The second kappa shape index (κ2) is 5.01. The Balaban J connectivity index is 1.99. The SMILES string of the molecule is CCc1cc(-c2nc(-c3ccnc(C)n3)no2)c(N)s1. The predicted molar refractivity (Wildman–Crippen MR) is 77.2 cm³/mol. The van der Waals surface area contributed by atoms with E-state index in [2.05, 4.69) is 27.0 Å². The van der Waals surface area contributed by atoms with Gasteiger partial charge in [0, 0.05) is 11.1 Å². The number of nitrogen functional groups attached to an aromatic ring is 1. The van der Waals surface area contributed by atoms with Gasteiger partial charge in [-0.1, -0.05) is 12.1 Å². The molecule has 6 nitrogen and oxygen atoms in total. The minimum Gasteiger partial charge on any atom is -0.390 e. The van der Waals surface area contributed by atoms with Gasteiger partial charge in [-0.05, 0) is 25.5 Å². The average molecular weight is 287 g/mol. The number of hydrogen-bond donors (Lipinski definition) is 1. The molecule has 3 aromatic heterocycles. The Morgan fingerprint density at radius 1 is 1.35 bits per heavy atom. The number of aryl methyl sites for hydroxylation is 2. The summed E-state index contributed by atoms with van der Waals surface area (Å²) < 4.78 is 5.29. The predicted octanol–water partition coefficient (Wildman–Crippen LogP) is 2.71. The zero-order valence-corrected chi connectivity index (χ0v) is 11.9. The van der Waals surface area contributed by atoms with Gasteiger partial charge in [0.25, 0.3) is 5.89 Å². The first-order chi connectivity index (χ1) is 9.67. The van der Waals surface area contributed by atoms with Gasteiger partial charge in [-0.2, -0.15) is 4.98 Å². The van der Waals surface area contributed by atoms with Gasteiger partial charge in [-0.15, -0.1) is 11.3 Å². The number of hydrogen-bond acceptors (Lipinski definition) is 7. The molecule has 3 heterocycles. The van der Waals surface area contributed by atoms with Crippen molar-refractivity contribution in [3.05, 3.63) is 29.0 Å². The number of aromatic nitrogens is 4. The molecular formula is C13H13N5OS. The number of nitrogens with two attached hydrogens (primary N) is 1. The third-order valence-electron chi connectivity index (χ3n) is 2.82. The lowest BCUT2D eigenvalue weighted by Gasteiger charge is -1.93. The fourth-order valence-electron chi connectivity index (χ4n) is 1.82. The molecule has 3 aromatic rings. The van der Waals surface area contributed by atoms with E-state index in [9.17, 15) is 0 Å². The maximum atomic E-state index is 5.99. The molecule has 0 spiro atoms. The minimum absolute atomic E-state index is 0.421. The van der Waals surface area contributed by atoms with E-state index in [0.29, 0.717) is 28.2 Å². The van der Waals surface area contributed by atoms with Crippen LogP contribution >= 0.6 is 11.3 Å². The summed E-state index contributed by atoms with van der Waals surface area (Å²) in [6.07, 6.45) is 2.60. The summed E-state index contributed by atoms with van der Waals surface area (Å²) in [5.74, 6) is 1.52. The van der Waals surface area contributed by atoms with E-state index in [1.165, 1.54) is 4.88 Å². The third-order valence-corrected chi connectivity index (χ3v) is 3.93. The maximum absolute atomic E-state index is 5.99. The molecule has 0 saturated heterocycles. The van der Waals surface area contributed by atoms with E-state index < -0.39 is 0 Å². The van der Waals surface area contributed by atoms with E-state index in [-0.39, 0.29) is 0 Å². The van der Waals surface area contributed by atoms with Crippen molar-refractivity contribution in [1.29, 1.82) is 0 Å². The van der Waals surface area contributed by atoms with Gasteiger partial charge in [0.1, 0.15) is 11.5 Å². The topological polar surface area (TPSA) is 90.7 Å². The van der Waals surface area contributed by atoms with Crippen LogP contribution in [-0.4, -0.2) is 20.1 Å². The zero-order chi connectivity index (χ0) is 14.1. The molecule has 102 valence electrons. The summed E-state index contributed by atoms with van der Waals surface area (Å²) in [4.78, 5) is 13.9. The maximum Gasteiger partial charge on any atom is 0.261 e. The van der Waals surface area contributed by atoms with E-state index in [1.807, 2.05) is 13.0 Å². The van der Waals surface area contributed by atoms with E-state index >= 15 is 0 Å². The van der Waals surface area contributed by atoms with Crippen LogP contribution in [0, 0.1) is 6.92 Å². The molecule has 0 fully saturated rings. The number of thiophene rings is 1. The molecule has 0 unspecified atom stereocenters. The summed E-state index contributed by atoms with van der Waals surface area (Å²) in [5, 5.41) is 4.64. The largest absolute Gasteiger partial charge is 0.390 e. The average Bonchev–Trinajstić information content (AvgIpc) is 3.05. The van der Waals surface area contributed by atoms with E-state index in [1.54, 1.807) is 23.6 Å². The minimum atomic E-state index is 0.421. The highest BCUT2D eigenvalue weighted by molar-refractivity contribution is 7.16. The molecule has 0 bridgehead atoms. The van der Waals surface area contributed by atoms with Crippen LogP contribution in [0.2, 0.25) is 0 Å². The zero-order valence-electron chi connectivity index (χ0n) is 11.1. The fraction of sp³-hybridized carbons (Fsp3) is 0.231. The lowest BCUT2D eigenvalue weighted by molar-refractivity contribution is 0.432. The molecule has 2 N–H and O–H groups in total. The highest BCUT2D eigenvalue weighted by atomic mass is 32.1. The molecule has 0 aromatic carbocycles. The van der Waals surface area contributed by atoms with Crippen molar-refractivity contribution in [1.82, 2.24) is 20.1 Å². The van der Waals surface area contributed by atoms with Crippen LogP contribution in [0.3, 0.4) is 0 Å². The van der Waals surface area contributed by atoms with E-state index in [0.717, 1.165) is 12.0 Å². The Hall–Kier alpha value is -2.28. The van der Waals surface area contributed by atoms with Crippen molar-refractivity contribution in [2.24, 2.45) is 0 Å². The van der Waals surface area contributed by atoms with Gasteiger partial charge in [0.05, 0.1) is 10.6 Å². The second-order valence-electron chi connectivity index (χ2n) is 4.26. The lowest BCUT2D eigenvalue weighted by atomic mass is 10.2. The fourth-order valence-corrected chi connectivity index (χ4v) is 2.68. The van der Waals surface area contributed by atoms with Crippen LogP contribution in [0.4, 0.5) is 5.00 Å². The van der Waals surface area contributed by atoms with Gasteiger partial charge in [0.2, 0.25) is 5.82 Å². The Morgan fingerprint density at radius 3 is 2.90 bits per heavy atom. The standard InChI is InChI=1S/C13H13N5OS/c1-3-8-6-9(11(14)20-8)13-17-12(18-19-13)10-4-5-15-7(2)16-10/h4-6H,3,14H2,1-2H3. The van der Waals surface area contributed by atoms with Crippen LogP contribution < -0.4 is 5.73 Å². The number of rotatable bonds is 3. The van der Waals surface area contributed by atoms with Crippen LogP contribution in [0.1, 0.15) is 17.6 Å². The van der Waals surface area contributed by atoms with Gasteiger partial charge in [-0.25, -0.2) is 9.97 Å². The smallest absolute Gasteiger partial charge is 0.261 e. The molecule has 0 amide bonds. The molecule has 0 aliphatic rings. The summed E-state index contributed by atoms with van der Waals surface area (Å²) in [5.41, 5.74) is 7.41. The second-order valence-corrected chi connectivity index (χ2v) is 5.42. The summed E-state index contributed by atoms with van der Waals surface area (Å²) >= 11 is 1.54. The molecule has 20 heavy (non-hydrogen) atoms. The molecule has 0 aliphatic carbocycles. The molecule has 3 rings (SSSR count). The van der Waals surface area contributed by atoms with E-state index in [4.69, 9.17) is 10.3 Å². The highest BCUT2D eigenvalue weighted by Crippen LogP contribution is 2.33. The highest BCUT2D eigenvalue weighted by Gasteiger charge is 2.16. The Morgan fingerprint density at radius 2 is 2.20 bits per heavy atom. The molecule has 0 radical (unpaired) electrons. The van der Waals surface area contributed by atoms with Crippen molar-refractivity contribution in [2.45, 2.75) is 20.3 Å². The molecule has 0 aliphatic heterocycles. The quantitative estimate of drug-likeness (QED) is 0.796. The van der Waals surface area contributed by atoms with Crippen molar-refractivity contribution in [3.63, 3.8) is 0 Å². The number of nitrogens with zero attached hydrogens (tertiary/aromatic N) is 4. The normalized spacial score (nSPS) is 10.9. The first kappa shape index (κ1) is 12.7. The Bertz CT molecular complexity index is 749. The Kier molecular flexibility index (Phi) is 3.19. The molecular weight excluding hydrogens is 274 g/mol. The number of anilines is 1. The van der Waals surface area contributed by atoms with Gasteiger partial charge >= 0.3 is 0 Å². The van der Waals surface area contributed by atoms with Crippen LogP contribution in [0.5, 0.6) is 0 Å². The summed E-state index contributed by atoms with van der Waals surface area (Å²) in [7, 11) is 0. The third kappa shape index (κ3) is 2.27. The van der Waals surface area contributed by atoms with Gasteiger partial charge in [0.15, 0.2) is 0 Å². The first-order valence-corrected chi connectivity index (χ1v) is 7.01. The summed E-state index contributed by atoms with van der Waals surface area (Å²) in [6.45, 7) is 3.90. The van der Waals surface area contributed by atoms with Crippen molar-refractivity contribution < 1.29 is 4.52 Å². The molecule has 0 atom stereocenters. The van der Waals surface area contributed by atoms with Crippen molar-refractivity contribution >= 4 is 16.3 Å². The van der Waals surface area contributed by atoms with Gasteiger partial charge < -0.3 is 10.3 Å². The molecule has 0 saturated carbocycles. The van der Waals surface area contributed by atoms with Gasteiger partial charge in [-0.3, -0.25) is 0 Å². The lowest BCUT2D eigenvalue weighted by Crippen LogP contribution is -1.91. The Labute approximate surface area is 119 Å². The molecule has 7 heteroatoms.